The average molecular weight is 360 g/mol. The van der Waals surface area contributed by atoms with Crippen LogP contribution >= 0.6 is 27.5 Å². The Kier molecular flexibility index (Phi) is 4.73. The van der Waals surface area contributed by atoms with Crippen molar-refractivity contribution >= 4 is 27.5 Å². The Morgan fingerprint density at radius 1 is 1.50 bits per heavy atom. The minimum absolute atomic E-state index is 0.391. The van der Waals surface area contributed by atoms with Gasteiger partial charge in [0.15, 0.2) is 0 Å². The van der Waals surface area contributed by atoms with E-state index in [2.05, 4.69) is 21.0 Å². The summed E-state index contributed by atoms with van der Waals surface area (Å²) in [7, 11) is 3.42. The number of aryl methyl sites for hydroxylation is 2. The van der Waals surface area contributed by atoms with Crippen LogP contribution in [-0.2, 0) is 13.5 Å². The zero-order chi connectivity index (χ0) is 14.9. The van der Waals surface area contributed by atoms with E-state index in [1.807, 2.05) is 32.2 Å². The van der Waals surface area contributed by atoms with Gasteiger partial charge >= 0.3 is 0 Å². The van der Waals surface area contributed by atoms with Gasteiger partial charge < -0.3 is 9.84 Å². The Morgan fingerprint density at radius 3 is 2.75 bits per heavy atom. The molecule has 1 unspecified atom stereocenters. The van der Waals surface area contributed by atoms with Crippen molar-refractivity contribution in [2.45, 2.75) is 19.4 Å². The van der Waals surface area contributed by atoms with Gasteiger partial charge in [0.05, 0.1) is 29.6 Å². The molecular formula is C14H16BrClN2O2. The molecular weight excluding hydrogens is 344 g/mol. The molecule has 6 heteroatoms. The molecule has 4 nitrogen and oxygen atoms in total. The van der Waals surface area contributed by atoms with E-state index in [1.165, 1.54) is 0 Å². The molecule has 0 aliphatic rings. The molecule has 0 bridgehead atoms. The highest BCUT2D eigenvalue weighted by Crippen LogP contribution is 2.31. The number of hydrogen-bond donors (Lipinski definition) is 1. The summed E-state index contributed by atoms with van der Waals surface area (Å²) in [6, 6.07) is 5.50. The predicted molar refractivity (Wildman–Crippen MR) is 82.3 cm³/mol. The van der Waals surface area contributed by atoms with E-state index >= 15 is 0 Å². The molecule has 0 radical (unpaired) electrons. The molecule has 1 heterocycles. The number of aliphatic hydroxyl groups is 1. The average Bonchev–Trinajstić information content (AvgIpc) is 2.66. The lowest BCUT2D eigenvalue weighted by Gasteiger charge is -2.14. The molecule has 0 saturated heterocycles. The van der Waals surface area contributed by atoms with Gasteiger partial charge in [0.1, 0.15) is 5.75 Å². The van der Waals surface area contributed by atoms with Crippen LogP contribution in [0.15, 0.2) is 22.7 Å². The van der Waals surface area contributed by atoms with Gasteiger partial charge in [-0.15, -0.1) is 0 Å². The second-order valence-electron chi connectivity index (χ2n) is 4.58. The third-order valence-electron chi connectivity index (χ3n) is 3.21. The summed E-state index contributed by atoms with van der Waals surface area (Å²) in [4.78, 5) is 0. The van der Waals surface area contributed by atoms with Crippen molar-refractivity contribution in [1.29, 1.82) is 0 Å². The van der Waals surface area contributed by atoms with Gasteiger partial charge in [0, 0.05) is 17.9 Å². The third-order valence-corrected chi connectivity index (χ3v) is 4.42. The number of aromatic nitrogens is 2. The molecule has 0 amide bonds. The molecule has 0 aliphatic carbocycles. The molecule has 108 valence electrons. The first-order valence-electron chi connectivity index (χ1n) is 6.13. The fourth-order valence-electron chi connectivity index (χ4n) is 2.10. The lowest BCUT2D eigenvalue weighted by atomic mass is 10.0. The van der Waals surface area contributed by atoms with E-state index in [-0.39, 0.29) is 0 Å². The predicted octanol–water partition coefficient (Wildman–Crippen LogP) is 3.43. The molecule has 0 aliphatic heterocycles. The van der Waals surface area contributed by atoms with Crippen LogP contribution in [-0.4, -0.2) is 22.0 Å². The number of rotatable bonds is 4. The molecule has 1 N–H and O–H groups in total. The molecule has 20 heavy (non-hydrogen) atoms. The summed E-state index contributed by atoms with van der Waals surface area (Å²) in [5.74, 6) is 0.703. The highest BCUT2D eigenvalue weighted by atomic mass is 79.9. The molecule has 0 fully saturated rings. The highest BCUT2D eigenvalue weighted by molar-refractivity contribution is 9.10. The summed E-state index contributed by atoms with van der Waals surface area (Å²) in [6.07, 6.45) is -0.297. The van der Waals surface area contributed by atoms with Crippen molar-refractivity contribution in [3.63, 3.8) is 0 Å². The Bertz CT molecular complexity index is 628. The zero-order valence-corrected chi connectivity index (χ0v) is 13.9. The van der Waals surface area contributed by atoms with Gasteiger partial charge in [-0.3, -0.25) is 4.68 Å². The fourth-order valence-corrected chi connectivity index (χ4v) is 2.85. The number of benzene rings is 1. The van der Waals surface area contributed by atoms with Crippen LogP contribution in [0.1, 0.15) is 23.1 Å². The highest BCUT2D eigenvalue weighted by Gasteiger charge is 2.19. The van der Waals surface area contributed by atoms with Gasteiger partial charge in [-0.1, -0.05) is 27.5 Å². The van der Waals surface area contributed by atoms with Crippen molar-refractivity contribution in [2.24, 2.45) is 7.05 Å². The number of aliphatic hydroxyl groups excluding tert-OH is 1. The van der Waals surface area contributed by atoms with Crippen molar-refractivity contribution in [3.8, 4) is 5.75 Å². The fraction of sp³-hybridized carbons (Fsp3) is 0.357. The Morgan fingerprint density at radius 2 is 2.20 bits per heavy atom. The largest absolute Gasteiger partial charge is 0.497 e. The van der Waals surface area contributed by atoms with Crippen molar-refractivity contribution in [3.05, 3.63) is 44.6 Å². The first-order chi connectivity index (χ1) is 9.43. The minimum atomic E-state index is -0.688. The van der Waals surface area contributed by atoms with E-state index in [9.17, 15) is 5.11 Å². The van der Waals surface area contributed by atoms with Crippen LogP contribution in [0.2, 0.25) is 5.02 Å². The molecule has 0 spiro atoms. The van der Waals surface area contributed by atoms with E-state index in [0.29, 0.717) is 17.2 Å². The molecule has 2 rings (SSSR count). The SMILES string of the molecule is COc1ccc(Br)c(C(O)Cc2c(Cl)c(C)nn2C)c1. The van der Waals surface area contributed by atoms with Gasteiger partial charge in [0.25, 0.3) is 0 Å². The summed E-state index contributed by atoms with van der Waals surface area (Å²) < 4.78 is 7.72. The second kappa shape index (κ2) is 6.16. The Balaban J connectivity index is 2.30. The number of hydrogen-bond acceptors (Lipinski definition) is 3. The molecule has 0 saturated carbocycles. The number of halogens is 2. The lowest BCUT2D eigenvalue weighted by Crippen LogP contribution is -2.07. The standard InChI is InChI=1S/C14H16BrClN2O2/c1-8-14(16)12(18(2)17-8)7-13(19)10-6-9(20-3)4-5-11(10)15/h4-6,13,19H,7H2,1-3H3. The smallest absolute Gasteiger partial charge is 0.119 e. The van der Waals surface area contributed by atoms with Gasteiger partial charge in [-0.25, -0.2) is 0 Å². The first kappa shape index (κ1) is 15.4. The van der Waals surface area contributed by atoms with Gasteiger partial charge in [-0.2, -0.15) is 5.10 Å². The van der Waals surface area contributed by atoms with Crippen molar-refractivity contribution in [2.75, 3.05) is 7.11 Å². The topological polar surface area (TPSA) is 47.3 Å². The summed E-state index contributed by atoms with van der Waals surface area (Å²) in [5.41, 5.74) is 2.34. The number of ether oxygens (including phenoxy) is 1. The summed E-state index contributed by atoms with van der Waals surface area (Å²) in [5, 5.41) is 15.3. The van der Waals surface area contributed by atoms with Crippen molar-refractivity contribution < 1.29 is 9.84 Å². The maximum absolute atomic E-state index is 10.4. The van der Waals surface area contributed by atoms with Crippen LogP contribution in [0.5, 0.6) is 5.75 Å². The summed E-state index contributed by atoms with van der Waals surface area (Å²) in [6.45, 7) is 1.85. The van der Waals surface area contributed by atoms with Crippen LogP contribution in [0.25, 0.3) is 0 Å². The molecule has 1 atom stereocenters. The van der Waals surface area contributed by atoms with Crippen LogP contribution < -0.4 is 4.74 Å². The first-order valence-corrected chi connectivity index (χ1v) is 7.30. The normalized spacial score (nSPS) is 12.5. The number of nitrogens with zero attached hydrogens (tertiary/aromatic N) is 2. The Hall–Kier alpha value is -1.04. The van der Waals surface area contributed by atoms with E-state index in [4.69, 9.17) is 16.3 Å². The monoisotopic (exact) mass is 358 g/mol. The maximum Gasteiger partial charge on any atom is 0.119 e. The van der Waals surface area contributed by atoms with Crippen molar-refractivity contribution in [1.82, 2.24) is 9.78 Å². The molecule has 1 aromatic heterocycles. The van der Waals surface area contributed by atoms with E-state index < -0.39 is 6.10 Å². The third kappa shape index (κ3) is 3.00. The molecule has 2 aromatic rings. The molecule has 1 aromatic carbocycles. The van der Waals surface area contributed by atoms with E-state index in [0.717, 1.165) is 21.4 Å². The second-order valence-corrected chi connectivity index (χ2v) is 5.81. The van der Waals surface area contributed by atoms with Gasteiger partial charge in [-0.05, 0) is 30.7 Å². The summed E-state index contributed by atoms with van der Waals surface area (Å²) >= 11 is 9.66. The zero-order valence-electron chi connectivity index (χ0n) is 11.5. The Labute approximate surface area is 131 Å². The minimum Gasteiger partial charge on any atom is -0.497 e. The van der Waals surface area contributed by atoms with Crippen LogP contribution in [0.3, 0.4) is 0 Å². The van der Waals surface area contributed by atoms with Gasteiger partial charge in [0.2, 0.25) is 0 Å². The quantitative estimate of drug-likeness (QED) is 0.910. The lowest BCUT2D eigenvalue weighted by molar-refractivity contribution is 0.174. The van der Waals surface area contributed by atoms with Crippen LogP contribution in [0, 0.1) is 6.92 Å². The maximum atomic E-state index is 10.4. The van der Waals surface area contributed by atoms with Crippen LogP contribution in [0.4, 0.5) is 0 Å². The van der Waals surface area contributed by atoms with E-state index in [1.54, 1.807) is 11.8 Å². The number of methoxy groups -OCH3 is 1.